The maximum absolute atomic E-state index is 12.9. The fourth-order valence-corrected chi connectivity index (χ4v) is 5.45. The second kappa shape index (κ2) is 9.84. The Hall–Kier alpha value is -2.54. The number of epoxide rings is 1. The highest BCUT2D eigenvalue weighted by Gasteiger charge is 2.57. The quantitative estimate of drug-likeness (QED) is 0.510. The smallest absolute Gasteiger partial charge is 0.387 e. The van der Waals surface area contributed by atoms with E-state index in [4.69, 9.17) is 9.26 Å². The zero-order chi connectivity index (χ0) is 25.4. The van der Waals surface area contributed by atoms with Crippen molar-refractivity contribution in [2.24, 2.45) is 16.7 Å². The van der Waals surface area contributed by atoms with Crippen molar-refractivity contribution in [1.82, 2.24) is 10.1 Å². The predicted molar refractivity (Wildman–Crippen MR) is 124 cm³/mol. The van der Waals surface area contributed by atoms with Crippen LogP contribution in [0.25, 0.3) is 11.3 Å². The highest BCUT2D eigenvalue weighted by atomic mass is 19.3. The molecular weight excluding hydrogens is 456 g/mol. The zero-order valence-electron chi connectivity index (χ0n) is 20.6. The number of halogens is 2. The van der Waals surface area contributed by atoms with Crippen LogP contribution < -0.4 is 4.74 Å². The van der Waals surface area contributed by atoms with Gasteiger partial charge in [-0.2, -0.15) is 14.0 Å². The second-order valence-electron chi connectivity index (χ2n) is 10.9. The van der Waals surface area contributed by atoms with Gasteiger partial charge in [0.1, 0.15) is 11.9 Å². The number of likely N-dealkylation sites (tertiary alicyclic amines) is 1. The number of aliphatic hydroxyl groups excluding tert-OH is 1. The number of rotatable bonds is 8. The van der Waals surface area contributed by atoms with Gasteiger partial charge in [-0.25, -0.2) is 0 Å². The summed E-state index contributed by atoms with van der Waals surface area (Å²) in [6.45, 7) is 8.01. The molecule has 0 bridgehead atoms. The van der Waals surface area contributed by atoms with Gasteiger partial charge in [-0.15, -0.1) is 0 Å². The van der Waals surface area contributed by atoms with Crippen molar-refractivity contribution in [1.29, 1.82) is 5.26 Å². The van der Waals surface area contributed by atoms with Crippen LogP contribution in [0.15, 0.2) is 28.8 Å². The summed E-state index contributed by atoms with van der Waals surface area (Å²) >= 11 is 0. The summed E-state index contributed by atoms with van der Waals surface area (Å²) in [4.78, 5) is 2.33. The molecule has 2 fully saturated rings. The van der Waals surface area contributed by atoms with E-state index in [9.17, 15) is 19.1 Å². The minimum atomic E-state index is -3.00. The van der Waals surface area contributed by atoms with Crippen molar-refractivity contribution in [3.8, 4) is 23.1 Å². The average molecular weight is 490 g/mol. The number of benzene rings is 1. The van der Waals surface area contributed by atoms with Crippen LogP contribution in [-0.4, -0.2) is 47.3 Å². The third kappa shape index (κ3) is 5.66. The molecule has 35 heavy (non-hydrogen) atoms. The van der Waals surface area contributed by atoms with Gasteiger partial charge in [0.05, 0.1) is 22.9 Å². The Kier molecular flexibility index (Phi) is 7.18. The minimum Gasteiger partial charge on any atom is -0.434 e. The summed E-state index contributed by atoms with van der Waals surface area (Å²) in [5.41, 5.74) is 1.14. The van der Waals surface area contributed by atoms with Crippen molar-refractivity contribution >= 4 is 0 Å². The largest absolute Gasteiger partial charge is 0.434 e. The van der Waals surface area contributed by atoms with Crippen LogP contribution in [0, 0.1) is 28.1 Å². The van der Waals surface area contributed by atoms with Gasteiger partial charge in [0.15, 0.2) is 12.1 Å². The molecular formula is C26H33F2N3O4. The summed E-state index contributed by atoms with van der Waals surface area (Å²) < 4.78 is 41.6. The van der Waals surface area contributed by atoms with E-state index in [0.29, 0.717) is 23.7 Å². The molecule has 0 saturated carbocycles. The predicted octanol–water partition coefficient (Wildman–Crippen LogP) is 5.19. The molecule has 7 nitrogen and oxygen atoms in total. The van der Waals surface area contributed by atoms with Crippen LogP contribution in [0.4, 0.5) is 8.78 Å². The number of nitriles is 1. The number of ether oxygens (including phenoxy) is 2. The molecule has 2 aromatic rings. The van der Waals surface area contributed by atoms with Gasteiger partial charge in [0.25, 0.3) is 0 Å². The molecule has 2 unspecified atom stereocenters. The zero-order valence-corrected chi connectivity index (χ0v) is 20.6. The molecule has 1 aromatic carbocycles. The van der Waals surface area contributed by atoms with E-state index in [1.807, 2.05) is 6.07 Å². The monoisotopic (exact) mass is 489 g/mol. The normalized spacial score (nSPS) is 27.1. The first-order valence-electron chi connectivity index (χ1n) is 12.1. The van der Waals surface area contributed by atoms with E-state index in [-0.39, 0.29) is 34.0 Å². The lowest BCUT2D eigenvalue weighted by atomic mass is 9.64. The molecule has 2 aliphatic rings. The maximum Gasteiger partial charge on any atom is 0.387 e. The van der Waals surface area contributed by atoms with Gasteiger partial charge in [-0.05, 0) is 42.4 Å². The fraction of sp³-hybridized carbons (Fsp3) is 0.615. The van der Waals surface area contributed by atoms with Crippen LogP contribution in [0.3, 0.4) is 0 Å². The molecule has 2 aliphatic heterocycles. The summed E-state index contributed by atoms with van der Waals surface area (Å²) in [7, 11) is 0. The lowest BCUT2D eigenvalue weighted by Crippen LogP contribution is -2.52. The number of nitrogens with zero attached hydrogens (tertiary/aromatic N) is 3. The Bertz CT molecular complexity index is 1080. The highest BCUT2D eigenvalue weighted by Crippen LogP contribution is 2.51. The Labute approximate surface area is 204 Å². The van der Waals surface area contributed by atoms with E-state index in [1.54, 1.807) is 6.07 Å². The van der Waals surface area contributed by atoms with Gasteiger partial charge in [-0.1, -0.05) is 39.3 Å². The molecule has 4 rings (SSSR count). The number of aliphatic hydroxyl groups is 1. The Morgan fingerprint density at radius 2 is 2.09 bits per heavy atom. The molecule has 1 N–H and O–H groups in total. The van der Waals surface area contributed by atoms with Crippen LogP contribution in [0.2, 0.25) is 0 Å². The summed E-state index contributed by atoms with van der Waals surface area (Å²) in [6, 6.07) is 7.92. The van der Waals surface area contributed by atoms with Gasteiger partial charge in [-0.3, -0.25) is 4.90 Å². The topological polar surface area (TPSA) is 95.0 Å². The Morgan fingerprint density at radius 3 is 2.69 bits per heavy atom. The van der Waals surface area contributed by atoms with Crippen molar-refractivity contribution in [2.45, 2.75) is 72.5 Å². The lowest BCUT2D eigenvalue weighted by Gasteiger charge is -2.49. The van der Waals surface area contributed by atoms with Crippen molar-refractivity contribution in [3.63, 3.8) is 0 Å². The number of hydrogen-bond donors (Lipinski definition) is 1. The van der Waals surface area contributed by atoms with Gasteiger partial charge < -0.3 is 19.1 Å². The van der Waals surface area contributed by atoms with E-state index in [0.717, 1.165) is 32.4 Å². The molecule has 3 heterocycles. The number of aromatic nitrogens is 1. The van der Waals surface area contributed by atoms with E-state index >= 15 is 0 Å². The maximum atomic E-state index is 12.9. The van der Waals surface area contributed by atoms with E-state index in [1.165, 1.54) is 18.2 Å². The van der Waals surface area contributed by atoms with Gasteiger partial charge >= 0.3 is 6.61 Å². The first-order chi connectivity index (χ1) is 16.5. The van der Waals surface area contributed by atoms with Crippen LogP contribution in [0.1, 0.15) is 58.2 Å². The molecule has 1 aromatic heterocycles. The molecule has 2 saturated heterocycles. The van der Waals surface area contributed by atoms with Crippen molar-refractivity contribution in [3.05, 3.63) is 35.5 Å². The molecule has 0 radical (unpaired) electrons. The fourth-order valence-electron chi connectivity index (χ4n) is 5.45. The molecule has 4 atom stereocenters. The summed E-state index contributed by atoms with van der Waals surface area (Å²) in [5.74, 6) is 0.580. The van der Waals surface area contributed by atoms with E-state index < -0.39 is 12.9 Å². The molecule has 0 spiro atoms. The molecule has 0 aliphatic carbocycles. The first-order valence-corrected chi connectivity index (χ1v) is 12.1. The first kappa shape index (κ1) is 25.5. The summed E-state index contributed by atoms with van der Waals surface area (Å²) in [6.07, 6.45) is 2.07. The van der Waals surface area contributed by atoms with Crippen molar-refractivity contribution < 1.29 is 27.9 Å². The van der Waals surface area contributed by atoms with Crippen LogP contribution >= 0.6 is 0 Å². The third-order valence-electron chi connectivity index (χ3n) is 7.25. The minimum absolute atomic E-state index is 0.0747. The summed E-state index contributed by atoms with van der Waals surface area (Å²) in [5, 5.41) is 23.6. The van der Waals surface area contributed by atoms with E-state index in [2.05, 4.69) is 42.5 Å². The second-order valence-corrected chi connectivity index (χ2v) is 10.9. The standard InChI is InChI=1S/C26H33F2N3O4/c1-5-8-26(22-23(32)34-22)11-17(25(2,3)4)13-31(15-26)14-18-10-21(35-30-18)19-9-16(12-29)6-7-20(19)33-24(27)28/h6-7,9-10,17,22-24,32H,5,8,11,13-15H2,1-4H3/t17-,22?,23?,26-/m1/s1. The molecule has 9 heteroatoms. The lowest BCUT2D eigenvalue weighted by molar-refractivity contribution is -0.0495. The van der Waals surface area contributed by atoms with Crippen LogP contribution in [-0.2, 0) is 11.3 Å². The van der Waals surface area contributed by atoms with Gasteiger partial charge in [0, 0.05) is 31.1 Å². The SMILES string of the molecule is CCC[C@@]1(C2OC2O)C[C@@H](C(C)(C)C)CN(Cc2cc(-c3cc(C#N)ccc3OC(F)F)on2)C1. The Balaban J connectivity index is 1.59. The third-order valence-corrected chi connectivity index (χ3v) is 7.25. The average Bonchev–Trinajstić information content (AvgIpc) is 3.36. The number of alkyl halides is 2. The van der Waals surface area contributed by atoms with Crippen molar-refractivity contribution in [2.75, 3.05) is 13.1 Å². The highest BCUT2D eigenvalue weighted by molar-refractivity contribution is 5.68. The molecule has 0 amide bonds. The Morgan fingerprint density at radius 1 is 1.34 bits per heavy atom. The van der Waals surface area contributed by atoms with Gasteiger partial charge in [0.2, 0.25) is 0 Å². The molecule has 190 valence electrons. The number of hydrogen-bond acceptors (Lipinski definition) is 7. The van der Waals surface area contributed by atoms with Crippen LogP contribution in [0.5, 0.6) is 5.75 Å². The number of piperidine rings is 1.